The largest absolute Gasteiger partial charge is 0.314 e. The first-order valence-corrected chi connectivity index (χ1v) is 7.50. The second-order valence-electron chi connectivity index (χ2n) is 5.58. The molecule has 1 atom stereocenters. The van der Waals surface area contributed by atoms with Gasteiger partial charge in [-0.15, -0.1) is 0 Å². The Balaban J connectivity index is 2.19. The molecule has 2 heterocycles. The first kappa shape index (κ1) is 14.4. The minimum Gasteiger partial charge on any atom is -0.314 e. The third kappa shape index (κ3) is 3.74. The highest BCUT2D eigenvalue weighted by Gasteiger charge is 2.23. The van der Waals surface area contributed by atoms with E-state index in [1.807, 2.05) is 12.3 Å². The van der Waals surface area contributed by atoms with Gasteiger partial charge in [-0.25, -0.2) is 9.97 Å². The van der Waals surface area contributed by atoms with E-state index in [0.29, 0.717) is 12.0 Å². The maximum Gasteiger partial charge on any atom is 0.145 e. The quantitative estimate of drug-likeness (QED) is 0.884. The van der Waals surface area contributed by atoms with Gasteiger partial charge >= 0.3 is 0 Å². The lowest BCUT2D eigenvalue weighted by molar-refractivity contribution is 0.157. The van der Waals surface area contributed by atoms with Crippen LogP contribution in [0.1, 0.15) is 57.1 Å². The standard InChI is InChI=1S/C15H26N4/c1-4-5-14(19-10-8-16-9-11-19)15-17-7-6-13(18-15)12(2)3/h6-7,12,14,16H,4-5,8-11H2,1-3H3. The first-order valence-electron chi connectivity index (χ1n) is 7.50. The van der Waals surface area contributed by atoms with Gasteiger partial charge in [-0.3, -0.25) is 4.90 Å². The monoisotopic (exact) mass is 262 g/mol. The van der Waals surface area contributed by atoms with E-state index in [-0.39, 0.29) is 0 Å². The van der Waals surface area contributed by atoms with E-state index in [2.05, 4.69) is 36.0 Å². The van der Waals surface area contributed by atoms with Crippen molar-refractivity contribution in [2.75, 3.05) is 26.2 Å². The predicted octanol–water partition coefficient (Wildman–Crippen LogP) is 2.35. The van der Waals surface area contributed by atoms with Crippen molar-refractivity contribution >= 4 is 0 Å². The van der Waals surface area contributed by atoms with Crippen LogP contribution < -0.4 is 5.32 Å². The Bertz CT molecular complexity index is 385. The van der Waals surface area contributed by atoms with Crippen molar-refractivity contribution in [3.8, 4) is 0 Å². The summed E-state index contributed by atoms with van der Waals surface area (Å²) in [4.78, 5) is 11.9. The van der Waals surface area contributed by atoms with E-state index < -0.39 is 0 Å². The molecule has 1 fully saturated rings. The molecule has 4 heteroatoms. The van der Waals surface area contributed by atoms with E-state index in [4.69, 9.17) is 4.98 Å². The van der Waals surface area contributed by atoms with Crippen molar-refractivity contribution in [2.45, 2.75) is 45.6 Å². The summed E-state index contributed by atoms with van der Waals surface area (Å²) in [7, 11) is 0. The average Bonchev–Trinajstić information content (AvgIpc) is 2.46. The lowest BCUT2D eigenvalue weighted by Crippen LogP contribution is -2.45. The van der Waals surface area contributed by atoms with E-state index in [1.165, 1.54) is 6.42 Å². The van der Waals surface area contributed by atoms with Gasteiger partial charge in [0.25, 0.3) is 0 Å². The SMILES string of the molecule is CCCC(c1nccc(C(C)C)n1)N1CCNCC1. The Hall–Kier alpha value is -1.00. The molecule has 0 spiro atoms. The van der Waals surface area contributed by atoms with Crippen LogP contribution in [-0.2, 0) is 0 Å². The summed E-state index contributed by atoms with van der Waals surface area (Å²) in [5.41, 5.74) is 1.15. The minimum atomic E-state index is 0.380. The minimum absolute atomic E-state index is 0.380. The van der Waals surface area contributed by atoms with Gasteiger partial charge < -0.3 is 5.32 Å². The van der Waals surface area contributed by atoms with Gasteiger partial charge in [0.05, 0.1) is 6.04 Å². The van der Waals surface area contributed by atoms with Crippen molar-refractivity contribution in [1.82, 2.24) is 20.2 Å². The molecule has 1 aromatic rings. The number of rotatable bonds is 5. The second-order valence-corrected chi connectivity index (χ2v) is 5.58. The first-order chi connectivity index (χ1) is 9.22. The highest BCUT2D eigenvalue weighted by Crippen LogP contribution is 2.24. The molecule has 0 aromatic carbocycles. The van der Waals surface area contributed by atoms with Gasteiger partial charge in [0.1, 0.15) is 5.82 Å². The zero-order chi connectivity index (χ0) is 13.7. The van der Waals surface area contributed by atoms with Gasteiger partial charge in [-0.1, -0.05) is 27.2 Å². The summed E-state index contributed by atoms with van der Waals surface area (Å²) in [5, 5.41) is 3.41. The molecular weight excluding hydrogens is 236 g/mol. The summed E-state index contributed by atoms with van der Waals surface area (Å²) >= 11 is 0. The van der Waals surface area contributed by atoms with Crippen LogP contribution in [0, 0.1) is 0 Å². The van der Waals surface area contributed by atoms with Crippen molar-refractivity contribution < 1.29 is 0 Å². The Morgan fingerprint density at radius 3 is 2.68 bits per heavy atom. The summed E-state index contributed by atoms with van der Waals surface area (Å²) < 4.78 is 0. The molecule has 1 aliphatic heterocycles. The van der Waals surface area contributed by atoms with Crippen LogP contribution in [-0.4, -0.2) is 41.0 Å². The van der Waals surface area contributed by atoms with Gasteiger partial charge in [0.15, 0.2) is 0 Å². The van der Waals surface area contributed by atoms with Crippen molar-refractivity contribution in [1.29, 1.82) is 0 Å². The van der Waals surface area contributed by atoms with Crippen molar-refractivity contribution in [3.63, 3.8) is 0 Å². The fourth-order valence-electron chi connectivity index (χ4n) is 2.61. The van der Waals surface area contributed by atoms with E-state index in [9.17, 15) is 0 Å². The topological polar surface area (TPSA) is 41.1 Å². The fourth-order valence-corrected chi connectivity index (χ4v) is 2.61. The van der Waals surface area contributed by atoms with Crippen LogP contribution in [0.4, 0.5) is 0 Å². The molecule has 1 aliphatic rings. The normalized spacial score (nSPS) is 18.7. The number of hydrogen-bond donors (Lipinski definition) is 1. The Morgan fingerprint density at radius 1 is 1.32 bits per heavy atom. The van der Waals surface area contributed by atoms with Gasteiger partial charge in [0.2, 0.25) is 0 Å². The van der Waals surface area contributed by atoms with Gasteiger partial charge in [0, 0.05) is 38.1 Å². The fraction of sp³-hybridized carbons (Fsp3) is 0.733. The number of hydrogen-bond acceptors (Lipinski definition) is 4. The molecule has 0 saturated carbocycles. The third-order valence-electron chi connectivity index (χ3n) is 3.74. The smallest absolute Gasteiger partial charge is 0.145 e. The number of aromatic nitrogens is 2. The number of piperazine rings is 1. The summed E-state index contributed by atoms with van der Waals surface area (Å²) in [6, 6.07) is 2.42. The van der Waals surface area contributed by atoms with E-state index in [1.54, 1.807) is 0 Å². The highest BCUT2D eigenvalue weighted by atomic mass is 15.2. The zero-order valence-electron chi connectivity index (χ0n) is 12.4. The van der Waals surface area contributed by atoms with Crippen LogP contribution in [0.2, 0.25) is 0 Å². The lowest BCUT2D eigenvalue weighted by Gasteiger charge is -2.34. The predicted molar refractivity (Wildman–Crippen MR) is 78.2 cm³/mol. The molecule has 1 aromatic heterocycles. The van der Waals surface area contributed by atoms with Crippen LogP contribution in [0.5, 0.6) is 0 Å². The van der Waals surface area contributed by atoms with E-state index >= 15 is 0 Å². The lowest BCUT2D eigenvalue weighted by atomic mass is 10.1. The van der Waals surface area contributed by atoms with Crippen LogP contribution in [0.25, 0.3) is 0 Å². The van der Waals surface area contributed by atoms with Crippen molar-refractivity contribution in [2.24, 2.45) is 0 Å². The number of nitrogens with one attached hydrogen (secondary N) is 1. The molecule has 1 unspecified atom stereocenters. The maximum atomic E-state index is 4.79. The summed E-state index contributed by atoms with van der Waals surface area (Å²) in [6.07, 6.45) is 4.23. The van der Waals surface area contributed by atoms with Crippen LogP contribution in [0.3, 0.4) is 0 Å². The summed E-state index contributed by atoms with van der Waals surface area (Å²) in [5.74, 6) is 1.47. The molecule has 0 radical (unpaired) electrons. The Kier molecular flexibility index (Phi) is 5.28. The highest BCUT2D eigenvalue weighted by molar-refractivity contribution is 5.09. The summed E-state index contributed by atoms with van der Waals surface area (Å²) in [6.45, 7) is 11.0. The number of nitrogens with zero attached hydrogens (tertiary/aromatic N) is 3. The molecular formula is C15H26N4. The Labute approximate surface area is 116 Å². The molecule has 106 valence electrons. The Morgan fingerprint density at radius 2 is 2.05 bits per heavy atom. The third-order valence-corrected chi connectivity index (χ3v) is 3.74. The van der Waals surface area contributed by atoms with Gasteiger partial charge in [-0.2, -0.15) is 0 Å². The molecule has 0 bridgehead atoms. The van der Waals surface area contributed by atoms with Crippen molar-refractivity contribution in [3.05, 3.63) is 23.8 Å². The van der Waals surface area contributed by atoms with Gasteiger partial charge in [-0.05, 0) is 18.4 Å². The van der Waals surface area contributed by atoms with Crippen LogP contribution in [0.15, 0.2) is 12.3 Å². The van der Waals surface area contributed by atoms with Crippen LogP contribution >= 0.6 is 0 Å². The second kappa shape index (κ2) is 6.96. The molecule has 0 aliphatic carbocycles. The molecule has 4 nitrogen and oxygen atoms in total. The van der Waals surface area contributed by atoms with E-state index in [0.717, 1.165) is 44.1 Å². The average molecular weight is 262 g/mol. The molecule has 0 amide bonds. The zero-order valence-corrected chi connectivity index (χ0v) is 12.4. The molecule has 1 N–H and O–H groups in total. The maximum absolute atomic E-state index is 4.79. The molecule has 2 rings (SSSR count). The molecule has 1 saturated heterocycles. The molecule has 19 heavy (non-hydrogen) atoms.